The minimum Gasteiger partial charge on any atom is -0.334 e. The van der Waals surface area contributed by atoms with Crippen LogP contribution in [0.15, 0.2) is 59.1 Å². The topological polar surface area (TPSA) is 77.1 Å². The van der Waals surface area contributed by atoms with Gasteiger partial charge in [0.2, 0.25) is 5.82 Å². The van der Waals surface area contributed by atoms with Gasteiger partial charge in [-0.2, -0.15) is 10.1 Å². The second-order valence-corrected chi connectivity index (χ2v) is 7.14. The SMILES string of the molecule is Cn1nc(-c2nc(-c3ccccc3F)no2)c2c1CCN(C(=O)c1ccccc1)C2. The number of hydrogen-bond donors (Lipinski definition) is 0. The molecule has 3 heterocycles. The number of aryl methyl sites for hydroxylation is 1. The van der Waals surface area contributed by atoms with E-state index in [9.17, 15) is 9.18 Å². The lowest BCUT2D eigenvalue weighted by Crippen LogP contribution is -2.36. The molecule has 0 atom stereocenters. The Morgan fingerprint density at radius 2 is 1.87 bits per heavy atom. The Hall–Kier alpha value is -3.81. The van der Waals surface area contributed by atoms with Crippen LogP contribution >= 0.6 is 0 Å². The van der Waals surface area contributed by atoms with Crippen molar-refractivity contribution in [3.05, 3.63) is 77.2 Å². The van der Waals surface area contributed by atoms with E-state index in [0.717, 1.165) is 11.3 Å². The van der Waals surface area contributed by atoms with Crippen LogP contribution in [-0.4, -0.2) is 37.3 Å². The second-order valence-electron chi connectivity index (χ2n) is 7.14. The van der Waals surface area contributed by atoms with Gasteiger partial charge in [0.1, 0.15) is 5.82 Å². The first-order valence-corrected chi connectivity index (χ1v) is 9.60. The first-order valence-electron chi connectivity index (χ1n) is 9.60. The maximum atomic E-state index is 14.1. The second kappa shape index (κ2) is 7.22. The molecule has 1 aliphatic heterocycles. The third-order valence-electron chi connectivity index (χ3n) is 5.29. The quantitative estimate of drug-likeness (QED) is 0.523. The number of carbonyl (C=O) groups excluding carboxylic acids is 1. The normalized spacial score (nSPS) is 13.3. The van der Waals surface area contributed by atoms with E-state index < -0.39 is 5.82 Å². The Balaban J connectivity index is 1.48. The van der Waals surface area contributed by atoms with E-state index in [2.05, 4.69) is 15.2 Å². The van der Waals surface area contributed by atoms with Gasteiger partial charge in [0.05, 0.1) is 12.1 Å². The average molecular weight is 403 g/mol. The average Bonchev–Trinajstić information content (AvgIpc) is 3.39. The number of halogens is 1. The Labute approximate surface area is 171 Å². The van der Waals surface area contributed by atoms with Gasteiger partial charge in [0.25, 0.3) is 11.8 Å². The highest BCUT2D eigenvalue weighted by molar-refractivity contribution is 5.94. The Morgan fingerprint density at radius 3 is 2.67 bits per heavy atom. The molecule has 0 bridgehead atoms. The van der Waals surface area contributed by atoms with Gasteiger partial charge in [-0.15, -0.1) is 0 Å². The largest absolute Gasteiger partial charge is 0.334 e. The van der Waals surface area contributed by atoms with E-state index in [1.807, 2.05) is 25.2 Å². The number of carbonyl (C=O) groups is 1. The van der Waals surface area contributed by atoms with Crippen LogP contribution in [0.4, 0.5) is 4.39 Å². The molecule has 30 heavy (non-hydrogen) atoms. The van der Waals surface area contributed by atoms with Gasteiger partial charge in [-0.25, -0.2) is 4.39 Å². The van der Waals surface area contributed by atoms with Gasteiger partial charge >= 0.3 is 0 Å². The summed E-state index contributed by atoms with van der Waals surface area (Å²) in [5.74, 6) is -0.0872. The number of benzene rings is 2. The fourth-order valence-corrected chi connectivity index (χ4v) is 3.77. The van der Waals surface area contributed by atoms with Crippen LogP contribution in [0, 0.1) is 5.82 Å². The summed E-state index contributed by atoms with van der Waals surface area (Å²) in [5, 5.41) is 8.47. The van der Waals surface area contributed by atoms with Crippen LogP contribution in [-0.2, 0) is 20.0 Å². The highest BCUT2D eigenvalue weighted by Crippen LogP contribution is 2.31. The molecule has 0 fully saturated rings. The van der Waals surface area contributed by atoms with Crippen LogP contribution in [0.2, 0.25) is 0 Å². The number of fused-ring (bicyclic) bond motifs is 1. The summed E-state index contributed by atoms with van der Waals surface area (Å²) in [6.07, 6.45) is 0.672. The number of rotatable bonds is 3. The smallest absolute Gasteiger partial charge is 0.279 e. The molecule has 5 rings (SSSR count). The van der Waals surface area contributed by atoms with Gasteiger partial charge < -0.3 is 9.42 Å². The van der Waals surface area contributed by atoms with Crippen molar-refractivity contribution >= 4 is 5.91 Å². The molecule has 2 aromatic carbocycles. The molecule has 0 unspecified atom stereocenters. The predicted molar refractivity (Wildman–Crippen MR) is 107 cm³/mol. The van der Waals surface area contributed by atoms with E-state index in [1.54, 1.807) is 39.9 Å². The minimum atomic E-state index is -0.424. The molecule has 0 N–H and O–H groups in total. The van der Waals surface area contributed by atoms with Crippen molar-refractivity contribution < 1.29 is 13.7 Å². The van der Waals surface area contributed by atoms with E-state index in [-0.39, 0.29) is 23.2 Å². The van der Waals surface area contributed by atoms with E-state index >= 15 is 0 Å². The van der Waals surface area contributed by atoms with Gasteiger partial charge in [-0.1, -0.05) is 35.5 Å². The van der Waals surface area contributed by atoms with Gasteiger partial charge in [0.15, 0.2) is 5.69 Å². The summed E-state index contributed by atoms with van der Waals surface area (Å²) < 4.78 is 21.3. The van der Waals surface area contributed by atoms with Crippen LogP contribution < -0.4 is 0 Å². The zero-order valence-corrected chi connectivity index (χ0v) is 16.2. The molecule has 7 nitrogen and oxygen atoms in total. The molecule has 0 spiro atoms. The molecule has 0 saturated heterocycles. The maximum Gasteiger partial charge on any atom is 0.279 e. The fourth-order valence-electron chi connectivity index (χ4n) is 3.77. The Bertz CT molecular complexity index is 1230. The van der Waals surface area contributed by atoms with Crippen LogP contribution in [0.25, 0.3) is 23.0 Å². The highest BCUT2D eigenvalue weighted by atomic mass is 19.1. The van der Waals surface area contributed by atoms with Crippen molar-refractivity contribution in [1.82, 2.24) is 24.8 Å². The fraction of sp³-hybridized carbons (Fsp3) is 0.182. The van der Waals surface area contributed by atoms with Gasteiger partial charge in [-0.3, -0.25) is 9.48 Å². The lowest BCUT2D eigenvalue weighted by molar-refractivity contribution is 0.0733. The molecule has 4 aromatic rings. The van der Waals surface area contributed by atoms with Crippen molar-refractivity contribution in [2.75, 3.05) is 6.54 Å². The van der Waals surface area contributed by atoms with Crippen LogP contribution in [0.3, 0.4) is 0 Å². The van der Waals surface area contributed by atoms with E-state index in [0.29, 0.717) is 30.8 Å². The van der Waals surface area contributed by atoms with Gasteiger partial charge in [-0.05, 0) is 24.3 Å². The summed E-state index contributed by atoms with van der Waals surface area (Å²) in [6, 6.07) is 15.5. The first kappa shape index (κ1) is 18.2. The molecule has 0 aliphatic carbocycles. The molecular formula is C22H18FN5O2. The number of aromatic nitrogens is 4. The molecule has 1 amide bonds. The van der Waals surface area contributed by atoms with Crippen LogP contribution in [0.1, 0.15) is 21.6 Å². The van der Waals surface area contributed by atoms with Crippen LogP contribution in [0.5, 0.6) is 0 Å². The standard InChI is InChI=1S/C22H18FN5O2/c1-27-18-11-12-28(22(29)14-7-3-2-4-8-14)13-16(18)19(25-27)21-24-20(26-30-21)15-9-5-6-10-17(15)23/h2-10H,11-13H2,1H3. The van der Waals surface area contributed by atoms with Crippen molar-refractivity contribution in [3.8, 4) is 23.0 Å². The molecule has 2 aromatic heterocycles. The third-order valence-corrected chi connectivity index (χ3v) is 5.29. The lowest BCUT2D eigenvalue weighted by atomic mass is 10.0. The Kier molecular flexibility index (Phi) is 4.39. The zero-order chi connectivity index (χ0) is 20.7. The summed E-state index contributed by atoms with van der Waals surface area (Å²) >= 11 is 0. The van der Waals surface area contributed by atoms with Crippen molar-refractivity contribution in [2.24, 2.45) is 7.05 Å². The summed E-state index contributed by atoms with van der Waals surface area (Å²) in [5.41, 5.74) is 3.32. The third kappa shape index (κ3) is 3.06. The molecular weight excluding hydrogens is 385 g/mol. The first-order chi connectivity index (χ1) is 14.6. The van der Waals surface area contributed by atoms with E-state index in [1.165, 1.54) is 6.07 Å². The summed E-state index contributed by atoms with van der Waals surface area (Å²) in [6.45, 7) is 0.994. The van der Waals surface area contributed by atoms with Gasteiger partial charge in [0, 0.05) is 36.8 Å². The molecule has 0 radical (unpaired) electrons. The Morgan fingerprint density at radius 1 is 1.10 bits per heavy atom. The summed E-state index contributed by atoms with van der Waals surface area (Å²) in [4.78, 5) is 19.0. The summed E-state index contributed by atoms with van der Waals surface area (Å²) in [7, 11) is 1.85. The molecule has 1 aliphatic rings. The highest BCUT2D eigenvalue weighted by Gasteiger charge is 2.30. The predicted octanol–water partition coefficient (Wildman–Crippen LogP) is 3.47. The van der Waals surface area contributed by atoms with E-state index in [4.69, 9.17) is 4.52 Å². The zero-order valence-electron chi connectivity index (χ0n) is 16.2. The van der Waals surface area contributed by atoms with Crippen molar-refractivity contribution in [3.63, 3.8) is 0 Å². The number of amides is 1. The number of hydrogen-bond acceptors (Lipinski definition) is 5. The minimum absolute atomic E-state index is 0.0337. The molecule has 8 heteroatoms. The van der Waals surface area contributed by atoms with Crippen molar-refractivity contribution in [2.45, 2.75) is 13.0 Å². The molecule has 150 valence electrons. The number of nitrogens with zero attached hydrogens (tertiary/aromatic N) is 5. The van der Waals surface area contributed by atoms with Crippen molar-refractivity contribution in [1.29, 1.82) is 0 Å². The lowest BCUT2D eigenvalue weighted by Gasteiger charge is -2.27. The molecule has 0 saturated carbocycles. The maximum absolute atomic E-state index is 14.1. The monoisotopic (exact) mass is 403 g/mol.